The maximum atomic E-state index is 13.3. The summed E-state index contributed by atoms with van der Waals surface area (Å²) in [5.41, 5.74) is 3.81. The Hall–Kier alpha value is -3.25. The number of carbonyl (C=O) groups is 1. The predicted molar refractivity (Wildman–Crippen MR) is 116 cm³/mol. The summed E-state index contributed by atoms with van der Waals surface area (Å²) in [6, 6.07) is 13.4. The molecule has 0 radical (unpaired) electrons. The lowest BCUT2D eigenvalue weighted by Crippen LogP contribution is -2.27. The summed E-state index contributed by atoms with van der Waals surface area (Å²) in [7, 11) is 0. The van der Waals surface area contributed by atoms with Crippen molar-refractivity contribution in [3.05, 3.63) is 77.2 Å². The standard InChI is InChI=1S/C23H20ClN5O/c24-20-8-2-1-6-17(20)15-29-22-19(14-26-29)18(23(30)28-10-3-4-11-28)12-21(27-22)16-7-5-9-25-13-16/h1-2,5-9,12-14H,3-4,10-11,15H2. The van der Waals surface area contributed by atoms with Crippen LogP contribution in [0.3, 0.4) is 0 Å². The fraction of sp³-hybridized carbons (Fsp3) is 0.217. The summed E-state index contributed by atoms with van der Waals surface area (Å²) >= 11 is 6.36. The van der Waals surface area contributed by atoms with Crippen LogP contribution in [0.5, 0.6) is 0 Å². The number of likely N-dealkylation sites (tertiary alicyclic amines) is 1. The largest absolute Gasteiger partial charge is 0.339 e. The van der Waals surface area contributed by atoms with Gasteiger partial charge >= 0.3 is 0 Å². The van der Waals surface area contributed by atoms with Gasteiger partial charge in [0, 0.05) is 36.1 Å². The summed E-state index contributed by atoms with van der Waals surface area (Å²) in [6.45, 7) is 2.06. The quantitative estimate of drug-likeness (QED) is 0.492. The molecular weight excluding hydrogens is 398 g/mol. The molecule has 0 atom stereocenters. The zero-order chi connectivity index (χ0) is 20.5. The molecule has 0 N–H and O–H groups in total. The van der Waals surface area contributed by atoms with E-state index in [2.05, 4.69) is 10.1 Å². The Morgan fingerprint density at radius 3 is 2.67 bits per heavy atom. The molecule has 1 aromatic carbocycles. The van der Waals surface area contributed by atoms with Gasteiger partial charge in [-0.2, -0.15) is 5.10 Å². The monoisotopic (exact) mass is 417 g/mol. The lowest BCUT2D eigenvalue weighted by atomic mass is 10.1. The zero-order valence-electron chi connectivity index (χ0n) is 16.3. The van der Waals surface area contributed by atoms with Crippen LogP contribution in [-0.2, 0) is 6.54 Å². The summed E-state index contributed by atoms with van der Waals surface area (Å²) in [5, 5.41) is 5.98. The lowest BCUT2D eigenvalue weighted by Gasteiger charge is -2.16. The van der Waals surface area contributed by atoms with Gasteiger partial charge in [0.05, 0.1) is 29.4 Å². The van der Waals surface area contributed by atoms with Gasteiger partial charge in [0.2, 0.25) is 0 Å². The minimum atomic E-state index is 0.0299. The smallest absolute Gasteiger partial charge is 0.254 e. The molecule has 0 saturated carbocycles. The van der Waals surface area contributed by atoms with E-state index < -0.39 is 0 Å². The molecule has 1 aliphatic rings. The fourth-order valence-corrected chi connectivity index (χ4v) is 4.08. The first-order chi connectivity index (χ1) is 14.7. The normalized spacial score (nSPS) is 13.8. The van der Waals surface area contributed by atoms with Crippen molar-refractivity contribution in [1.29, 1.82) is 0 Å². The minimum Gasteiger partial charge on any atom is -0.339 e. The van der Waals surface area contributed by atoms with Crippen molar-refractivity contribution >= 4 is 28.5 Å². The maximum Gasteiger partial charge on any atom is 0.254 e. The third kappa shape index (κ3) is 3.44. The van der Waals surface area contributed by atoms with Gasteiger partial charge in [0.25, 0.3) is 5.91 Å². The van der Waals surface area contributed by atoms with Crippen LogP contribution in [0.1, 0.15) is 28.8 Å². The van der Waals surface area contributed by atoms with Crippen LogP contribution in [-0.4, -0.2) is 43.6 Å². The summed E-state index contributed by atoms with van der Waals surface area (Å²) in [4.78, 5) is 24.3. The van der Waals surface area contributed by atoms with Crippen LogP contribution in [0.4, 0.5) is 0 Å². The van der Waals surface area contributed by atoms with Gasteiger partial charge in [-0.05, 0) is 42.7 Å². The van der Waals surface area contributed by atoms with Gasteiger partial charge in [-0.3, -0.25) is 9.78 Å². The molecule has 1 saturated heterocycles. The average Bonchev–Trinajstić information content (AvgIpc) is 3.45. The van der Waals surface area contributed by atoms with E-state index in [1.165, 1.54) is 0 Å². The molecule has 150 valence electrons. The Morgan fingerprint density at radius 1 is 1.07 bits per heavy atom. The molecule has 6 nitrogen and oxygen atoms in total. The molecule has 1 amide bonds. The van der Waals surface area contributed by atoms with Crippen LogP contribution in [0.15, 0.2) is 61.1 Å². The zero-order valence-corrected chi connectivity index (χ0v) is 17.1. The van der Waals surface area contributed by atoms with Gasteiger partial charge in [-0.15, -0.1) is 0 Å². The molecule has 0 spiro atoms. The number of pyridine rings is 2. The second-order valence-electron chi connectivity index (χ2n) is 7.43. The van der Waals surface area contributed by atoms with Crippen molar-refractivity contribution in [3.63, 3.8) is 0 Å². The van der Waals surface area contributed by atoms with Crippen molar-refractivity contribution in [2.24, 2.45) is 0 Å². The summed E-state index contributed by atoms with van der Waals surface area (Å²) < 4.78 is 1.80. The third-order valence-corrected chi connectivity index (χ3v) is 5.84. The van der Waals surface area contributed by atoms with Gasteiger partial charge in [0.1, 0.15) is 0 Å². The highest BCUT2D eigenvalue weighted by molar-refractivity contribution is 6.31. The second kappa shape index (κ2) is 7.88. The first kappa shape index (κ1) is 18.8. The van der Waals surface area contributed by atoms with Gasteiger partial charge in [-0.1, -0.05) is 29.8 Å². The van der Waals surface area contributed by atoms with E-state index in [4.69, 9.17) is 16.6 Å². The Labute approximate surface area is 179 Å². The van der Waals surface area contributed by atoms with E-state index in [9.17, 15) is 4.79 Å². The molecule has 3 aromatic heterocycles. The Kier molecular flexibility index (Phi) is 4.93. The van der Waals surface area contributed by atoms with E-state index in [0.29, 0.717) is 28.5 Å². The number of rotatable bonds is 4. The topological polar surface area (TPSA) is 63.9 Å². The summed E-state index contributed by atoms with van der Waals surface area (Å²) in [5.74, 6) is 0.0299. The van der Waals surface area contributed by atoms with Gasteiger partial charge < -0.3 is 4.90 Å². The first-order valence-corrected chi connectivity index (χ1v) is 10.4. The Morgan fingerprint density at radius 2 is 1.90 bits per heavy atom. The number of halogens is 1. The van der Waals surface area contributed by atoms with Crippen molar-refractivity contribution in [3.8, 4) is 11.3 Å². The number of amides is 1. The fourth-order valence-electron chi connectivity index (χ4n) is 3.88. The molecule has 7 heteroatoms. The summed E-state index contributed by atoms with van der Waals surface area (Å²) in [6.07, 6.45) is 7.30. The molecule has 0 aliphatic carbocycles. The van der Waals surface area contributed by atoms with Crippen molar-refractivity contribution in [2.45, 2.75) is 19.4 Å². The van der Waals surface area contributed by atoms with E-state index in [0.717, 1.165) is 42.4 Å². The second-order valence-corrected chi connectivity index (χ2v) is 7.83. The Balaban J connectivity index is 1.66. The molecule has 30 heavy (non-hydrogen) atoms. The highest BCUT2D eigenvalue weighted by Gasteiger charge is 2.24. The van der Waals surface area contributed by atoms with Crippen molar-refractivity contribution < 1.29 is 4.79 Å². The average molecular weight is 418 g/mol. The maximum absolute atomic E-state index is 13.3. The van der Waals surface area contributed by atoms with E-state index in [1.807, 2.05) is 47.4 Å². The molecule has 4 aromatic rings. The minimum absolute atomic E-state index is 0.0299. The van der Waals surface area contributed by atoms with Crippen molar-refractivity contribution in [1.82, 2.24) is 24.6 Å². The molecule has 0 unspecified atom stereocenters. The van der Waals surface area contributed by atoms with Crippen LogP contribution in [0.2, 0.25) is 5.02 Å². The molecule has 1 aliphatic heterocycles. The molecule has 5 rings (SSSR count). The van der Waals surface area contributed by atoms with E-state index in [1.54, 1.807) is 23.3 Å². The number of hydrogen-bond donors (Lipinski definition) is 0. The molecule has 0 bridgehead atoms. The molecule has 1 fully saturated rings. The predicted octanol–water partition coefficient (Wildman–Crippen LogP) is 4.43. The van der Waals surface area contributed by atoms with Gasteiger partial charge in [-0.25, -0.2) is 9.67 Å². The molecular formula is C23H20ClN5O. The Bertz CT molecular complexity index is 1210. The highest BCUT2D eigenvalue weighted by Crippen LogP contribution is 2.27. The SMILES string of the molecule is O=C(c1cc(-c2cccnc2)nc2c1cnn2Cc1ccccc1Cl)N1CCCC1. The lowest BCUT2D eigenvalue weighted by molar-refractivity contribution is 0.0794. The van der Waals surface area contributed by atoms with Crippen LogP contribution in [0.25, 0.3) is 22.3 Å². The van der Waals surface area contributed by atoms with E-state index in [-0.39, 0.29) is 5.91 Å². The van der Waals surface area contributed by atoms with Crippen LogP contribution in [0, 0.1) is 0 Å². The first-order valence-electron chi connectivity index (χ1n) is 10.0. The number of carbonyl (C=O) groups excluding carboxylic acids is 1. The molecule has 4 heterocycles. The highest BCUT2D eigenvalue weighted by atomic mass is 35.5. The number of fused-ring (bicyclic) bond motifs is 1. The van der Waals surface area contributed by atoms with E-state index >= 15 is 0 Å². The van der Waals surface area contributed by atoms with Gasteiger partial charge in [0.15, 0.2) is 5.65 Å². The number of benzene rings is 1. The van der Waals surface area contributed by atoms with Crippen molar-refractivity contribution in [2.75, 3.05) is 13.1 Å². The number of nitrogens with zero attached hydrogens (tertiary/aromatic N) is 5. The van der Waals surface area contributed by atoms with Crippen LogP contribution >= 0.6 is 11.6 Å². The van der Waals surface area contributed by atoms with Crippen LogP contribution < -0.4 is 0 Å². The number of aromatic nitrogens is 4. The number of hydrogen-bond acceptors (Lipinski definition) is 4. The third-order valence-electron chi connectivity index (χ3n) is 5.47.